The molecule has 3 rings (SSSR count). The minimum absolute atomic E-state index is 0.0911. The summed E-state index contributed by atoms with van der Waals surface area (Å²) in [7, 11) is 0. The number of thioether (sulfide) groups is 1. The molecule has 0 atom stereocenters. The molecule has 1 aromatic heterocycles. The Morgan fingerprint density at radius 3 is 2.50 bits per heavy atom. The largest absolute Gasteiger partial charge is 0.417 e. The Hall–Kier alpha value is -1.28. The highest BCUT2D eigenvalue weighted by Crippen LogP contribution is 2.30. The third-order valence-corrected chi connectivity index (χ3v) is 5.32. The Bertz CT molecular complexity index is 567. The van der Waals surface area contributed by atoms with Crippen LogP contribution >= 0.6 is 11.8 Å². The zero-order valence-corrected chi connectivity index (χ0v) is 14.0. The molecule has 1 aromatic rings. The first-order valence-corrected chi connectivity index (χ1v) is 9.10. The van der Waals surface area contributed by atoms with Crippen molar-refractivity contribution in [2.24, 2.45) is 0 Å². The summed E-state index contributed by atoms with van der Waals surface area (Å²) in [5.74, 6) is 0.0767. The van der Waals surface area contributed by atoms with Crippen LogP contribution in [0, 0.1) is 0 Å². The van der Waals surface area contributed by atoms with Crippen LogP contribution in [0.3, 0.4) is 0 Å². The Labute approximate surface area is 143 Å². The number of pyridine rings is 1. The van der Waals surface area contributed by atoms with Gasteiger partial charge in [-0.1, -0.05) is 11.8 Å². The third kappa shape index (κ3) is 4.86. The molecule has 2 heterocycles. The fourth-order valence-corrected chi connectivity index (χ4v) is 3.54. The summed E-state index contributed by atoms with van der Waals surface area (Å²) < 4.78 is 37.4. The molecule has 0 aromatic carbocycles. The first-order valence-electron chi connectivity index (χ1n) is 8.11. The number of hydrogen-bond donors (Lipinski definition) is 1. The van der Waals surface area contributed by atoms with Gasteiger partial charge in [-0.3, -0.25) is 4.79 Å². The zero-order chi connectivity index (χ0) is 17.2. The number of nitrogens with one attached hydrogen (secondary N) is 1. The van der Waals surface area contributed by atoms with Crippen molar-refractivity contribution >= 4 is 17.7 Å². The number of alkyl halides is 3. The number of rotatable bonds is 5. The molecule has 0 radical (unpaired) electrons. The second kappa shape index (κ2) is 7.31. The van der Waals surface area contributed by atoms with Gasteiger partial charge in [0.15, 0.2) is 0 Å². The molecule has 0 spiro atoms. The molecule has 0 bridgehead atoms. The van der Waals surface area contributed by atoms with Crippen LogP contribution in [0.1, 0.15) is 31.2 Å². The summed E-state index contributed by atoms with van der Waals surface area (Å²) in [6.07, 6.45) is 0.940. The standard InChI is InChI=1S/C16H20F3N3OS/c17-16(18,19)11-1-4-15(20-9-11)24-10-14(23)21-12-5-7-22(8-6-12)13-2-3-13/h1,4,9,12-13H,2-3,5-8,10H2,(H,21,23). The summed E-state index contributed by atoms with van der Waals surface area (Å²) >= 11 is 1.15. The fourth-order valence-electron chi connectivity index (χ4n) is 2.89. The quantitative estimate of drug-likeness (QED) is 0.821. The van der Waals surface area contributed by atoms with Crippen LogP contribution in [0.5, 0.6) is 0 Å². The van der Waals surface area contributed by atoms with Crippen LogP contribution in [0.4, 0.5) is 13.2 Å². The Morgan fingerprint density at radius 2 is 1.96 bits per heavy atom. The normalized spacial score (nSPS) is 20.1. The van der Waals surface area contributed by atoms with E-state index in [1.54, 1.807) is 0 Å². The van der Waals surface area contributed by atoms with E-state index in [0.717, 1.165) is 56.0 Å². The second-order valence-corrected chi connectivity index (χ2v) is 7.28. The van der Waals surface area contributed by atoms with Gasteiger partial charge in [-0.25, -0.2) is 4.98 Å². The van der Waals surface area contributed by atoms with Gasteiger partial charge < -0.3 is 10.2 Å². The number of piperidine rings is 1. The molecule has 1 saturated carbocycles. The van der Waals surface area contributed by atoms with Gasteiger partial charge in [-0.2, -0.15) is 13.2 Å². The maximum atomic E-state index is 12.5. The highest BCUT2D eigenvalue weighted by molar-refractivity contribution is 7.99. The van der Waals surface area contributed by atoms with Crippen LogP contribution in [0.15, 0.2) is 23.4 Å². The summed E-state index contributed by atoms with van der Waals surface area (Å²) in [5, 5.41) is 3.43. The van der Waals surface area contributed by atoms with Gasteiger partial charge in [0.25, 0.3) is 0 Å². The van der Waals surface area contributed by atoms with Crippen molar-refractivity contribution in [1.29, 1.82) is 0 Å². The summed E-state index contributed by atoms with van der Waals surface area (Å²) in [4.78, 5) is 18.2. The molecule has 1 N–H and O–H groups in total. The Morgan fingerprint density at radius 1 is 1.25 bits per heavy atom. The van der Waals surface area contributed by atoms with E-state index < -0.39 is 11.7 Å². The maximum absolute atomic E-state index is 12.5. The number of carbonyl (C=O) groups is 1. The Balaban J connectivity index is 1.39. The maximum Gasteiger partial charge on any atom is 0.417 e. The molecule has 2 fully saturated rings. The lowest BCUT2D eigenvalue weighted by atomic mass is 10.1. The van der Waals surface area contributed by atoms with E-state index in [0.29, 0.717) is 5.03 Å². The number of aromatic nitrogens is 1. The van der Waals surface area contributed by atoms with E-state index in [1.165, 1.54) is 18.9 Å². The molecular formula is C16H20F3N3OS. The molecule has 132 valence electrons. The van der Waals surface area contributed by atoms with E-state index in [1.807, 2.05) is 0 Å². The van der Waals surface area contributed by atoms with Gasteiger partial charge in [0.2, 0.25) is 5.91 Å². The molecule has 0 unspecified atom stereocenters. The molecule has 1 aliphatic heterocycles. The number of nitrogens with zero attached hydrogens (tertiary/aromatic N) is 2. The van der Waals surface area contributed by atoms with Gasteiger partial charge in [-0.15, -0.1) is 0 Å². The molecule has 2 aliphatic rings. The number of carbonyl (C=O) groups excluding carboxylic acids is 1. The highest BCUT2D eigenvalue weighted by atomic mass is 32.2. The summed E-state index contributed by atoms with van der Waals surface area (Å²) in [5.41, 5.74) is -0.779. The minimum Gasteiger partial charge on any atom is -0.353 e. The molecule has 1 aliphatic carbocycles. The van der Waals surface area contributed by atoms with Gasteiger partial charge in [0.05, 0.1) is 16.3 Å². The van der Waals surface area contributed by atoms with Gasteiger partial charge in [0, 0.05) is 31.4 Å². The second-order valence-electron chi connectivity index (χ2n) is 6.28. The predicted octanol–water partition coefficient (Wildman–Crippen LogP) is 2.94. The average Bonchev–Trinajstić information content (AvgIpc) is 3.38. The lowest BCUT2D eigenvalue weighted by Gasteiger charge is -2.32. The van der Waals surface area contributed by atoms with E-state index >= 15 is 0 Å². The molecule has 24 heavy (non-hydrogen) atoms. The van der Waals surface area contributed by atoms with Gasteiger partial charge >= 0.3 is 6.18 Å². The molecular weight excluding hydrogens is 339 g/mol. The first kappa shape index (κ1) is 17.5. The van der Waals surface area contributed by atoms with E-state index in [-0.39, 0.29) is 17.7 Å². The van der Waals surface area contributed by atoms with E-state index in [9.17, 15) is 18.0 Å². The first-order chi connectivity index (χ1) is 11.4. The van der Waals surface area contributed by atoms with Crippen molar-refractivity contribution in [3.05, 3.63) is 23.9 Å². The SMILES string of the molecule is O=C(CSc1ccc(C(F)(F)F)cn1)NC1CCN(C2CC2)CC1. The van der Waals surface area contributed by atoms with Crippen molar-refractivity contribution in [1.82, 2.24) is 15.2 Å². The van der Waals surface area contributed by atoms with Crippen LogP contribution in [-0.2, 0) is 11.0 Å². The van der Waals surface area contributed by atoms with Crippen molar-refractivity contribution in [2.75, 3.05) is 18.8 Å². The number of hydrogen-bond acceptors (Lipinski definition) is 4. The molecule has 4 nitrogen and oxygen atoms in total. The number of halogens is 3. The van der Waals surface area contributed by atoms with E-state index in [2.05, 4.69) is 15.2 Å². The van der Waals surface area contributed by atoms with Crippen molar-refractivity contribution < 1.29 is 18.0 Å². The minimum atomic E-state index is -4.39. The molecule has 1 saturated heterocycles. The lowest BCUT2D eigenvalue weighted by Crippen LogP contribution is -2.45. The van der Waals surface area contributed by atoms with Crippen LogP contribution in [-0.4, -0.2) is 46.7 Å². The van der Waals surface area contributed by atoms with E-state index in [4.69, 9.17) is 0 Å². The third-order valence-electron chi connectivity index (χ3n) is 4.37. The monoisotopic (exact) mass is 359 g/mol. The fraction of sp³-hybridized carbons (Fsp3) is 0.625. The zero-order valence-electron chi connectivity index (χ0n) is 13.2. The molecule has 8 heteroatoms. The smallest absolute Gasteiger partial charge is 0.353 e. The number of likely N-dealkylation sites (tertiary alicyclic amines) is 1. The van der Waals surface area contributed by atoms with Crippen molar-refractivity contribution in [2.45, 2.75) is 49.0 Å². The van der Waals surface area contributed by atoms with Crippen molar-refractivity contribution in [3.63, 3.8) is 0 Å². The molecule has 1 amide bonds. The van der Waals surface area contributed by atoms with Crippen LogP contribution < -0.4 is 5.32 Å². The van der Waals surface area contributed by atoms with Crippen molar-refractivity contribution in [3.8, 4) is 0 Å². The predicted molar refractivity (Wildman–Crippen MR) is 85.7 cm³/mol. The lowest BCUT2D eigenvalue weighted by molar-refractivity contribution is -0.137. The average molecular weight is 359 g/mol. The van der Waals surface area contributed by atoms with Gasteiger partial charge in [-0.05, 0) is 37.8 Å². The topological polar surface area (TPSA) is 45.2 Å². The summed E-state index contributed by atoms with van der Waals surface area (Å²) in [6.45, 7) is 2.06. The number of amides is 1. The van der Waals surface area contributed by atoms with Gasteiger partial charge in [0.1, 0.15) is 0 Å². The highest BCUT2D eigenvalue weighted by Gasteiger charge is 2.32. The Kier molecular flexibility index (Phi) is 5.34. The van der Waals surface area contributed by atoms with Crippen LogP contribution in [0.25, 0.3) is 0 Å². The summed E-state index contributed by atoms with van der Waals surface area (Å²) in [6, 6.07) is 3.26. The van der Waals surface area contributed by atoms with Crippen LogP contribution in [0.2, 0.25) is 0 Å².